The molecule has 1 atom stereocenters. The smallest absolute Gasteiger partial charge is 0.169 e. The molecule has 0 bridgehead atoms. The molecule has 0 aliphatic carbocycles. The summed E-state index contributed by atoms with van der Waals surface area (Å²) in [6, 6.07) is 4.27. The second-order valence-corrected chi connectivity index (χ2v) is 5.85. The summed E-state index contributed by atoms with van der Waals surface area (Å²) in [5.41, 5.74) is 0.933. The van der Waals surface area contributed by atoms with Crippen molar-refractivity contribution in [1.29, 1.82) is 0 Å². The molecule has 0 aromatic carbocycles. The molecule has 1 aliphatic rings. The topological polar surface area (TPSA) is 38.1 Å². The van der Waals surface area contributed by atoms with Crippen LogP contribution in [0.3, 0.4) is 0 Å². The molecule has 3 nitrogen and oxygen atoms in total. The number of nitrogens with zero attached hydrogens (tertiary/aromatic N) is 1. The lowest BCUT2D eigenvalue weighted by atomic mass is 10.1. The fraction of sp³-hybridized carbons (Fsp3) is 0.417. The number of rotatable bonds is 2. The fourth-order valence-corrected chi connectivity index (χ4v) is 3.30. The summed E-state index contributed by atoms with van der Waals surface area (Å²) < 4.78 is 6.26. The number of halogens is 1. The van der Waals surface area contributed by atoms with Gasteiger partial charge in [0.15, 0.2) is 10.4 Å². The lowest BCUT2D eigenvalue weighted by Crippen LogP contribution is -2.26. The highest BCUT2D eigenvalue weighted by Crippen LogP contribution is 2.31. The van der Waals surface area contributed by atoms with Gasteiger partial charge in [-0.1, -0.05) is 6.42 Å². The van der Waals surface area contributed by atoms with E-state index >= 15 is 0 Å². The van der Waals surface area contributed by atoms with Crippen LogP contribution in [-0.2, 0) is 0 Å². The van der Waals surface area contributed by atoms with Crippen LogP contribution in [0.25, 0.3) is 11.5 Å². The first-order valence-corrected chi connectivity index (χ1v) is 7.45. The summed E-state index contributed by atoms with van der Waals surface area (Å²) in [5.74, 6) is 0.829. The van der Waals surface area contributed by atoms with Gasteiger partial charge in [-0.3, -0.25) is 0 Å². The minimum Gasteiger partial charge on any atom is -0.448 e. The van der Waals surface area contributed by atoms with Gasteiger partial charge in [0, 0.05) is 5.38 Å². The van der Waals surface area contributed by atoms with Gasteiger partial charge in [-0.15, -0.1) is 11.3 Å². The predicted molar refractivity (Wildman–Crippen MR) is 72.1 cm³/mol. The number of piperidine rings is 1. The number of nitrogens with one attached hydrogen (secondary N) is 1. The van der Waals surface area contributed by atoms with Gasteiger partial charge in [0.1, 0.15) is 10.7 Å². The van der Waals surface area contributed by atoms with E-state index in [4.69, 9.17) is 4.42 Å². The van der Waals surface area contributed by atoms with E-state index in [1.54, 1.807) is 11.3 Å². The molecule has 17 heavy (non-hydrogen) atoms. The highest BCUT2D eigenvalue weighted by molar-refractivity contribution is 9.10. The predicted octanol–water partition coefficient (Wildman–Crippen LogP) is 3.98. The number of thiazole rings is 1. The summed E-state index contributed by atoms with van der Waals surface area (Å²) in [7, 11) is 0. The Morgan fingerprint density at radius 1 is 1.41 bits per heavy atom. The van der Waals surface area contributed by atoms with Gasteiger partial charge in [0.25, 0.3) is 0 Å². The summed E-state index contributed by atoms with van der Waals surface area (Å²) in [6.07, 6.45) is 3.76. The minimum absolute atomic E-state index is 0.431. The SMILES string of the molecule is Brc1ccc(-c2csc(C3CCCCN3)n2)o1. The lowest BCUT2D eigenvalue weighted by molar-refractivity contribution is 0.411. The Bertz CT molecular complexity index is 502. The Balaban J connectivity index is 1.82. The van der Waals surface area contributed by atoms with Crippen LogP contribution in [0.2, 0.25) is 0 Å². The summed E-state index contributed by atoms with van der Waals surface area (Å²) in [4.78, 5) is 4.66. The molecule has 1 fully saturated rings. The quantitative estimate of drug-likeness (QED) is 0.911. The average Bonchev–Trinajstić information content (AvgIpc) is 2.98. The van der Waals surface area contributed by atoms with Crippen molar-refractivity contribution < 1.29 is 4.42 Å². The largest absolute Gasteiger partial charge is 0.448 e. The first-order valence-electron chi connectivity index (χ1n) is 5.77. The standard InChI is InChI=1S/C12H13BrN2OS/c13-11-5-4-10(16-11)9-7-17-12(15-9)8-3-1-2-6-14-8/h4-5,7-8,14H,1-3,6H2. The van der Waals surface area contributed by atoms with Crippen LogP contribution in [0, 0.1) is 0 Å². The Hall–Kier alpha value is -0.650. The van der Waals surface area contributed by atoms with Crippen LogP contribution in [-0.4, -0.2) is 11.5 Å². The van der Waals surface area contributed by atoms with Crippen molar-refractivity contribution >= 4 is 27.3 Å². The van der Waals surface area contributed by atoms with E-state index < -0.39 is 0 Å². The van der Waals surface area contributed by atoms with Gasteiger partial charge < -0.3 is 9.73 Å². The Morgan fingerprint density at radius 2 is 2.35 bits per heavy atom. The van der Waals surface area contributed by atoms with E-state index in [0.29, 0.717) is 6.04 Å². The van der Waals surface area contributed by atoms with E-state index in [2.05, 4.69) is 31.6 Å². The van der Waals surface area contributed by atoms with E-state index in [1.165, 1.54) is 24.3 Å². The van der Waals surface area contributed by atoms with Crippen molar-refractivity contribution in [2.45, 2.75) is 25.3 Å². The van der Waals surface area contributed by atoms with Gasteiger partial charge in [-0.2, -0.15) is 0 Å². The molecule has 2 aromatic rings. The average molecular weight is 313 g/mol. The van der Waals surface area contributed by atoms with Gasteiger partial charge >= 0.3 is 0 Å². The molecule has 2 aromatic heterocycles. The normalized spacial score (nSPS) is 20.6. The van der Waals surface area contributed by atoms with Crippen LogP contribution < -0.4 is 5.32 Å². The maximum Gasteiger partial charge on any atom is 0.169 e. The molecule has 3 rings (SSSR count). The molecular formula is C12H13BrN2OS. The van der Waals surface area contributed by atoms with E-state index in [0.717, 1.165) is 22.7 Å². The molecule has 1 aliphatic heterocycles. The second-order valence-electron chi connectivity index (χ2n) is 4.18. The van der Waals surface area contributed by atoms with Crippen molar-refractivity contribution in [3.05, 3.63) is 27.2 Å². The van der Waals surface area contributed by atoms with Crippen molar-refractivity contribution in [1.82, 2.24) is 10.3 Å². The number of hydrogen-bond acceptors (Lipinski definition) is 4. The zero-order chi connectivity index (χ0) is 11.7. The molecule has 3 heterocycles. The van der Waals surface area contributed by atoms with E-state index in [9.17, 15) is 0 Å². The Morgan fingerprint density at radius 3 is 3.06 bits per heavy atom. The minimum atomic E-state index is 0.431. The third-order valence-electron chi connectivity index (χ3n) is 2.96. The molecule has 1 unspecified atom stereocenters. The summed E-state index contributed by atoms with van der Waals surface area (Å²) in [6.45, 7) is 1.10. The zero-order valence-corrected chi connectivity index (χ0v) is 11.7. The first kappa shape index (κ1) is 11.4. The number of aromatic nitrogens is 1. The fourth-order valence-electron chi connectivity index (χ4n) is 2.08. The molecule has 1 N–H and O–H groups in total. The van der Waals surface area contributed by atoms with Gasteiger partial charge in [-0.25, -0.2) is 4.98 Å². The molecule has 90 valence electrons. The molecule has 0 radical (unpaired) electrons. The third kappa shape index (κ3) is 2.46. The second kappa shape index (κ2) is 4.92. The molecule has 1 saturated heterocycles. The Labute approximate surface area is 112 Å². The highest BCUT2D eigenvalue weighted by Gasteiger charge is 2.18. The molecule has 0 amide bonds. The molecule has 5 heteroatoms. The van der Waals surface area contributed by atoms with Crippen LogP contribution in [0.4, 0.5) is 0 Å². The molecular weight excluding hydrogens is 300 g/mol. The summed E-state index contributed by atoms with van der Waals surface area (Å²) in [5, 5.41) is 6.75. The van der Waals surface area contributed by atoms with Gasteiger partial charge in [0.05, 0.1) is 6.04 Å². The van der Waals surface area contributed by atoms with E-state index in [1.807, 2.05) is 12.1 Å². The first-order chi connectivity index (χ1) is 8.33. The van der Waals surface area contributed by atoms with Crippen molar-refractivity contribution in [2.75, 3.05) is 6.54 Å². The van der Waals surface area contributed by atoms with Gasteiger partial charge in [0.2, 0.25) is 0 Å². The zero-order valence-electron chi connectivity index (χ0n) is 9.28. The number of hydrogen-bond donors (Lipinski definition) is 1. The van der Waals surface area contributed by atoms with Crippen LogP contribution in [0.5, 0.6) is 0 Å². The lowest BCUT2D eigenvalue weighted by Gasteiger charge is -2.21. The van der Waals surface area contributed by atoms with Crippen molar-refractivity contribution in [2.24, 2.45) is 0 Å². The van der Waals surface area contributed by atoms with Crippen LogP contribution >= 0.6 is 27.3 Å². The van der Waals surface area contributed by atoms with Crippen molar-refractivity contribution in [3.63, 3.8) is 0 Å². The molecule has 0 saturated carbocycles. The van der Waals surface area contributed by atoms with Crippen LogP contribution in [0.15, 0.2) is 26.6 Å². The van der Waals surface area contributed by atoms with Gasteiger partial charge in [-0.05, 0) is 47.4 Å². The Kier molecular flexibility index (Phi) is 3.31. The maximum absolute atomic E-state index is 5.51. The number of furan rings is 1. The van der Waals surface area contributed by atoms with Crippen LogP contribution in [0.1, 0.15) is 30.3 Å². The highest BCUT2D eigenvalue weighted by atomic mass is 79.9. The maximum atomic E-state index is 5.51. The van der Waals surface area contributed by atoms with E-state index in [-0.39, 0.29) is 0 Å². The monoisotopic (exact) mass is 312 g/mol. The van der Waals surface area contributed by atoms with Crippen molar-refractivity contribution in [3.8, 4) is 11.5 Å². The summed E-state index contributed by atoms with van der Waals surface area (Å²) >= 11 is 5.02. The third-order valence-corrected chi connectivity index (χ3v) is 4.34. The molecule has 0 spiro atoms.